The van der Waals surface area contributed by atoms with Crippen molar-refractivity contribution in [2.45, 2.75) is 96.8 Å². The minimum absolute atomic E-state index is 0.782. The summed E-state index contributed by atoms with van der Waals surface area (Å²) in [5, 5.41) is 0. The third-order valence-corrected chi connectivity index (χ3v) is 8.72. The number of benzene rings is 4. The third kappa shape index (κ3) is 11.4. The summed E-state index contributed by atoms with van der Waals surface area (Å²) in [7, 11) is 0. The summed E-state index contributed by atoms with van der Waals surface area (Å²) in [4.78, 5) is 0. The predicted octanol–water partition coefficient (Wildman–Crippen LogP) is 10.4. The molecule has 0 fully saturated rings. The quantitative estimate of drug-likeness (QED) is 0.0939. The molecule has 4 aromatic carbocycles. The molecule has 42 heavy (non-hydrogen) atoms. The molecule has 0 aliphatic rings. The Hall–Kier alpha value is -3.52. The van der Waals surface area contributed by atoms with Crippen LogP contribution in [0.25, 0.3) is 0 Å². The number of hydrogen-bond acceptors (Lipinski definition) is 2. The van der Waals surface area contributed by atoms with Crippen LogP contribution in [-0.4, -0.2) is 0 Å². The van der Waals surface area contributed by atoms with Gasteiger partial charge in [0, 0.05) is 11.4 Å². The standard InChI is InChI=1S/C40H52N2/c1-2-3-4-5-6-7-8-9-32(10-12-33-14-18-35(19-15-33)30-37-22-26-39(41)27-23-37)11-13-34-16-20-36(21-17-34)31-38-24-28-40(42)29-25-38/h14-29,32H,2-13,30-31,41-42H2,1H3. The lowest BCUT2D eigenvalue weighted by atomic mass is 9.88. The molecule has 222 valence electrons. The van der Waals surface area contributed by atoms with E-state index in [1.54, 1.807) is 0 Å². The molecule has 0 amide bonds. The molecule has 0 saturated heterocycles. The first kappa shape index (κ1) is 31.4. The Morgan fingerprint density at radius 3 is 1.14 bits per heavy atom. The van der Waals surface area contributed by atoms with E-state index in [4.69, 9.17) is 11.5 Å². The van der Waals surface area contributed by atoms with Crippen LogP contribution in [0.5, 0.6) is 0 Å². The van der Waals surface area contributed by atoms with Crippen molar-refractivity contribution >= 4 is 11.4 Å². The molecule has 0 bridgehead atoms. The van der Waals surface area contributed by atoms with E-state index < -0.39 is 0 Å². The van der Waals surface area contributed by atoms with Gasteiger partial charge in [0.1, 0.15) is 0 Å². The molecule has 4 aromatic rings. The van der Waals surface area contributed by atoms with Gasteiger partial charge in [-0.3, -0.25) is 0 Å². The van der Waals surface area contributed by atoms with Crippen molar-refractivity contribution in [3.8, 4) is 0 Å². The largest absolute Gasteiger partial charge is 0.399 e. The van der Waals surface area contributed by atoms with Crippen molar-refractivity contribution in [2.75, 3.05) is 11.5 Å². The van der Waals surface area contributed by atoms with E-state index in [0.29, 0.717) is 0 Å². The Morgan fingerprint density at radius 2 is 0.738 bits per heavy atom. The zero-order valence-electron chi connectivity index (χ0n) is 25.9. The molecule has 0 unspecified atom stereocenters. The predicted molar refractivity (Wildman–Crippen MR) is 183 cm³/mol. The number of unbranched alkanes of at least 4 members (excludes halogenated alkanes) is 6. The summed E-state index contributed by atoms with van der Waals surface area (Å²) < 4.78 is 0. The molecular formula is C40H52N2. The zero-order chi connectivity index (χ0) is 29.4. The highest BCUT2D eigenvalue weighted by molar-refractivity contribution is 5.41. The fourth-order valence-electron chi connectivity index (χ4n) is 5.95. The molecule has 0 aliphatic carbocycles. The smallest absolute Gasteiger partial charge is 0.0314 e. The van der Waals surface area contributed by atoms with Crippen LogP contribution < -0.4 is 11.5 Å². The van der Waals surface area contributed by atoms with Gasteiger partial charge >= 0.3 is 0 Å². The molecule has 4 rings (SSSR count). The van der Waals surface area contributed by atoms with Crippen LogP contribution in [0, 0.1) is 5.92 Å². The molecule has 2 nitrogen and oxygen atoms in total. The molecule has 0 heterocycles. The molecule has 0 aromatic heterocycles. The Labute approximate surface area is 255 Å². The summed E-state index contributed by atoms with van der Waals surface area (Å²) in [6.45, 7) is 2.30. The monoisotopic (exact) mass is 560 g/mol. The number of nitrogens with two attached hydrogens (primary N) is 2. The van der Waals surface area contributed by atoms with Gasteiger partial charge in [-0.05, 0) is 102 Å². The number of hydrogen-bond donors (Lipinski definition) is 2. The normalized spacial score (nSPS) is 11.3. The first-order valence-corrected chi connectivity index (χ1v) is 16.4. The second-order valence-electron chi connectivity index (χ2n) is 12.3. The summed E-state index contributed by atoms with van der Waals surface area (Å²) in [6.07, 6.45) is 17.9. The highest BCUT2D eigenvalue weighted by atomic mass is 14.5. The van der Waals surface area contributed by atoms with Crippen molar-refractivity contribution in [1.82, 2.24) is 0 Å². The maximum absolute atomic E-state index is 5.85. The Bertz CT molecular complexity index is 1180. The Balaban J connectivity index is 1.27. The van der Waals surface area contributed by atoms with Crippen molar-refractivity contribution in [3.63, 3.8) is 0 Å². The van der Waals surface area contributed by atoms with Crippen LogP contribution in [0.1, 0.15) is 105 Å². The number of nitrogen functional groups attached to an aromatic ring is 2. The van der Waals surface area contributed by atoms with Crippen molar-refractivity contribution < 1.29 is 0 Å². The molecule has 0 radical (unpaired) electrons. The van der Waals surface area contributed by atoms with Crippen LogP contribution in [0.2, 0.25) is 0 Å². The van der Waals surface area contributed by atoms with Gasteiger partial charge in [0.05, 0.1) is 0 Å². The first-order chi connectivity index (χ1) is 20.6. The molecular weight excluding hydrogens is 508 g/mol. The third-order valence-electron chi connectivity index (χ3n) is 8.72. The van der Waals surface area contributed by atoms with E-state index in [9.17, 15) is 0 Å². The second-order valence-corrected chi connectivity index (χ2v) is 12.3. The van der Waals surface area contributed by atoms with Crippen LogP contribution in [-0.2, 0) is 25.7 Å². The molecule has 0 spiro atoms. The fraction of sp³-hybridized carbons (Fsp3) is 0.400. The fourth-order valence-corrected chi connectivity index (χ4v) is 5.95. The minimum atomic E-state index is 0.782. The highest BCUT2D eigenvalue weighted by Gasteiger charge is 2.11. The van der Waals surface area contributed by atoms with Crippen LogP contribution in [0.15, 0.2) is 97.1 Å². The van der Waals surface area contributed by atoms with Crippen molar-refractivity contribution in [2.24, 2.45) is 5.92 Å². The van der Waals surface area contributed by atoms with Gasteiger partial charge in [0.15, 0.2) is 0 Å². The van der Waals surface area contributed by atoms with E-state index >= 15 is 0 Å². The molecule has 0 atom stereocenters. The van der Waals surface area contributed by atoms with Gasteiger partial charge < -0.3 is 11.5 Å². The second kappa shape index (κ2) is 17.4. The Morgan fingerprint density at radius 1 is 0.405 bits per heavy atom. The van der Waals surface area contributed by atoms with Gasteiger partial charge in [0.2, 0.25) is 0 Å². The lowest BCUT2D eigenvalue weighted by Crippen LogP contribution is -2.05. The summed E-state index contributed by atoms with van der Waals surface area (Å²) in [5.74, 6) is 0.782. The lowest BCUT2D eigenvalue weighted by Gasteiger charge is -2.18. The number of anilines is 2. The van der Waals surface area contributed by atoms with Gasteiger partial charge in [0.25, 0.3) is 0 Å². The highest BCUT2D eigenvalue weighted by Crippen LogP contribution is 2.24. The van der Waals surface area contributed by atoms with Crippen molar-refractivity contribution in [3.05, 3.63) is 130 Å². The number of rotatable bonds is 18. The van der Waals surface area contributed by atoms with Crippen LogP contribution in [0.3, 0.4) is 0 Å². The van der Waals surface area contributed by atoms with E-state index in [2.05, 4.69) is 79.7 Å². The topological polar surface area (TPSA) is 52.0 Å². The summed E-state index contributed by atoms with van der Waals surface area (Å²) in [5.41, 5.74) is 21.6. The Kier molecular flexibility index (Phi) is 13.0. The van der Waals surface area contributed by atoms with Gasteiger partial charge in [-0.1, -0.05) is 131 Å². The van der Waals surface area contributed by atoms with E-state index in [-0.39, 0.29) is 0 Å². The molecule has 4 N–H and O–H groups in total. The molecule has 2 heteroatoms. The number of aryl methyl sites for hydroxylation is 2. The van der Waals surface area contributed by atoms with Crippen molar-refractivity contribution in [1.29, 1.82) is 0 Å². The summed E-state index contributed by atoms with van der Waals surface area (Å²) in [6, 6.07) is 35.1. The lowest BCUT2D eigenvalue weighted by molar-refractivity contribution is 0.398. The van der Waals surface area contributed by atoms with Crippen LogP contribution in [0.4, 0.5) is 11.4 Å². The van der Waals surface area contributed by atoms with E-state index in [1.807, 2.05) is 24.3 Å². The SMILES string of the molecule is CCCCCCCCCC(CCc1ccc(Cc2ccc(N)cc2)cc1)CCc1ccc(Cc2ccc(N)cc2)cc1. The van der Waals surface area contributed by atoms with E-state index in [1.165, 1.54) is 110 Å². The zero-order valence-corrected chi connectivity index (χ0v) is 25.9. The minimum Gasteiger partial charge on any atom is -0.399 e. The van der Waals surface area contributed by atoms with Crippen LogP contribution >= 0.6 is 0 Å². The van der Waals surface area contributed by atoms with Gasteiger partial charge in [-0.2, -0.15) is 0 Å². The maximum atomic E-state index is 5.85. The molecule has 0 saturated carbocycles. The molecule has 0 aliphatic heterocycles. The van der Waals surface area contributed by atoms with E-state index in [0.717, 1.165) is 30.1 Å². The maximum Gasteiger partial charge on any atom is 0.0314 e. The average Bonchev–Trinajstić information content (AvgIpc) is 3.01. The summed E-state index contributed by atoms with van der Waals surface area (Å²) >= 11 is 0. The average molecular weight is 561 g/mol. The first-order valence-electron chi connectivity index (χ1n) is 16.4. The van der Waals surface area contributed by atoms with Gasteiger partial charge in [-0.15, -0.1) is 0 Å². The van der Waals surface area contributed by atoms with Gasteiger partial charge in [-0.25, -0.2) is 0 Å².